The molecule has 0 saturated carbocycles. The fraction of sp³-hybridized carbons (Fsp3) is 0.409. The average molecular weight is 370 g/mol. The van der Waals surface area contributed by atoms with Crippen molar-refractivity contribution in [2.75, 3.05) is 13.7 Å². The number of carbonyl (C=O) groups excluding carboxylic acids is 1. The van der Waals surface area contributed by atoms with Gasteiger partial charge in [0.05, 0.1) is 19.8 Å². The molecule has 5 heteroatoms. The van der Waals surface area contributed by atoms with Gasteiger partial charge in [0, 0.05) is 12.1 Å². The first-order chi connectivity index (χ1) is 12.9. The highest BCUT2D eigenvalue weighted by atomic mass is 16.5. The molecule has 0 aliphatic rings. The number of nitrogens with one attached hydrogen (secondary N) is 1. The molecular weight excluding hydrogens is 340 g/mol. The van der Waals surface area contributed by atoms with Crippen LogP contribution >= 0.6 is 0 Å². The molecule has 0 aliphatic heterocycles. The number of hydrogen-bond donors (Lipinski definition) is 2. The number of nitrogens with two attached hydrogens (primary N) is 1. The van der Waals surface area contributed by atoms with Crippen molar-refractivity contribution < 1.29 is 14.3 Å². The molecule has 27 heavy (non-hydrogen) atoms. The third kappa shape index (κ3) is 6.00. The van der Waals surface area contributed by atoms with Crippen LogP contribution in [0.15, 0.2) is 42.5 Å². The van der Waals surface area contributed by atoms with E-state index in [1.54, 1.807) is 19.2 Å². The van der Waals surface area contributed by atoms with Gasteiger partial charge in [-0.1, -0.05) is 32.0 Å². The zero-order chi connectivity index (χ0) is 19.8. The Labute approximate surface area is 161 Å². The molecule has 2 aromatic carbocycles. The summed E-state index contributed by atoms with van der Waals surface area (Å²) >= 11 is 0. The van der Waals surface area contributed by atoms with Crippen LogP contribution in [-0.4, -0.2) is 19.6 Å². The van der Waals surface area contributed by atoms with E-state index in [1.807, 2.05) is 37.3 Å². The van der Waals surface area contributed by atoms with Crippen LogP contribution in [0.1, 0.15) is 54.7 Å². The monoisotopic (exact) mass is 370 g/mol. The maximum Gasteiger partial charge on any atom is 0.251 e. The minimum absolute atomic E-state index is 0.123. The van der Waals surface area contributed by atoms with E-state index in [-0.39, 0.29) is 11.9 Å². The number of methoxy groups -OCH3 is 1. The van der Waals surface area contributed by atoms with Crippen LogP contribution in [0.4, 0.5) is 0 Å². The number of hydrogen-bond acceptors (Lipinski definition) is 4. The molecule has 0 aliphatic carbocycles. The van der Waals surface area contributed by atoms with Crippen molar-refractivity contribution in [1.82, 2.24) is 5.32 Å². The van der Waals surface area contributed by atoms with Crippen molar-refractivity contribution in [3.05, 3.63) is 59.2 Å². The largest absolute Gasteiger partial charge is 0.493 e. The molecule has 0 bridgehead atoms. The molecule has 1 amide bonds. The van der Waals surface area contributed by atoms with Crippen LogP contribution in [0.2, 0.25) is 0 Å². The van der Waals surface area contributed by atoms with Gasteiger partial charge in [0.1, 0.15) is 0 Å². The van der Waals surface area contributed by atoms with Gasteiger partial charge in [-0.25, -0.2) is 0 Å². The topological polar surface area (TPSA) is 73.6 Å². The van der Waals surface area contributed by atoms with Crippen molar-refractivity contribution in [2.24, 2.45) is 11.7 Å². The molecular formula is C22H30N2O3. The summed E-state index contributed by atoms with van der Waals surface area (Å²) in [6.07, 6.45) is 0.986. The Balaban J connectivity index is 2.04. The first-order valence-corrected chi connectivity index (χ1v) is 9.35. The van der Waals surface area contributed by atoms with Crippen molar-refractivity contribution in [2.45, 2.75) is 39.8 Å². The van der Waals surface area contributed by atoms with Gasteiger partial charge in [0.25, 0.3) is 5.91 Å². The third-order valence-electron chi connectivity index (χ3n) is 4.44. The summed E-state index contributed by atoms with van der Waals surface area (Å²) < 4.78 is 11.3. The van der Waals surface area contributed by atoms with Gasteiger partial charge < -0.3 is 20.5 Å². The van der Waals surface area contributed by atoms with Gasteiger partial charge in [0.15, 0.2) is 11.5 Å². The molecule has 0 fully saturated rings. The molecule has 0 spiro atoms. The highest BCUT2D eigenvalue weighted by Gasteiger charge is 2.14. The molecule has 2 rings (SSSR count). The van der Waals surface area contributed by atoms with Crippen molar-refractivity contribution >= 4 is 5.91 Å². The Morgan fingerprint density at radius 2 is 1.78 bits per heavy atom. The maximum atomic E-state index is 12.5. The van der Waals surface area contributed by atoms with Gasteiger partial charge in [-0.2, -0.15) is 0 Å². The number of rotatable bonds is 9. The molecule has 0 heterocycles. The van der Waals surface area contributed by atoms with Gasteiger partial charge in [-0.3, -0.25) is 4.79 Å². The Hall–Kier alpha value is -2.53. The summed E-state index contributed by atoms with van der Waals surface area (Å²) in [6.45, 7) is 7.39. The average Bonchev–Trinajstić information content (AvgIpc) is 2.67. The van der Waals surface area contributed by atoms with Crippen LogP contribution < -0.4 is 20.5 Å². The fourth-order valence-electron chi connectivity index (χ4n) is 2.63. The fourth-order valence-corrected chi connectivity index (χ4v) is 2.63. The van der Waals surface area contributed by atoms with Crippen molar-refractivity contribution in [1.29, 1.82) is 0 Å². The van der Waals surface area contributed by atoms with Crippen molar-refractivity contribution in [3.63, 3.8) is 0 Å². The summed E-state index contributed by atoms with van der Waals surface area (Å²) in [5.74, 6) is 1.86. The molecule has 1 unspecified atom stereocenters. The second-order valence-corrected chi connectivity index (χ2v) is 7.04. The standard InChI is InChI=1S/C22H30N2O3/c1-15(2)11-12-27-20-10-9-19(13-21(20)26-4)16(3)24-22(25)18-7-5-17(14-23)6-8-18/h5-10,13,15-16H,11-12,14,23H2,1-4H3,(H,24,25). The second kappa shape index (κ2) is 9.97. The van der Waals surface area contributed by atoms with Gasteiger partial charge >= 0.3 is 0 Å². The maximum absolute atomic E-state index is 12.5. The number of carbonyl (C=O) groups is 1. The Morgan fingerprint density at radius 1 is 1.07 bits per heavy atom. The van der Waals surface area contributed by atoms with Crippen LogP contribution in [-0.2, 0) is 6.54 Å². The number of benzene rings is 2. The Bertz CT molecular complexity index is 742. The summed E-state index contributed by atoms with van der Waals surface area (Å²) in [4.78, 5) is 12.5. The second-order valence-electron chi connectivity index (χ2n) is 7.04. The van der Waals surface area contributed by atoms with E-state index in [4.69, 9.17) is 15.2 Å². The van der Waals surface area contributed by atoms with Crippen LogP contribution in [0, 0.1) is 5.92 Å². The van der Waals surface area contributed by atoms with E-state index in [2.05, 4.69) is 19.2 Å². The highest BCUT2D eigenvalue weighted by molar-refractivity contribution is 5.94. The molecule has 0 aromatic heterocycles. The van der Waals surface area contributed by atoms with E-state index in [0.29, 0.717) is 30.4 Å². The van der Waals surface area contributed by atoms with Gasteiger partial charge in [0.2, 0.25) is 0 Å². The quantitative estimate of drug-likeness (QED) is 0.698. The highest BCUT2D eigenvalue weighted by Crippen LogP contribution is 2.30. The third-order valence-corrected chi connectivity index (χ3v) is 4.44. The van der Waals surface area contributed by atoms with Gasteiger partial charge in [-0.05, 0) is 54.7 Å². The lowest BCUT2D eigenvalue weighted by molar-refractivity contribution is 0.0940. The first-order valence-electron chi connectivity index (χ1n) is 9.35. The van der Waals surface area contributed by atoms with E-state index in [0.717, 1.165) is 23.3 Å². The minimum Gasteiger partial charge on any atom is -0.493 e. The Morgan fingerprint density at radius 3 is 2.37 bits per heavy atom. The normalized spacial score (nSPS) is 11.9. The minimum atomic E-state index is -0.162. The van der Waals surface area contributed by atoms with E-state index in [9.17, 15) is 4.79 Å². The van der Waals surface area contributed by atoms with E-state index >= 15 is 0 Å². The molecule has 2 aromatic rings. The lowest BCUT2D eigenvalue weighted by Crippen LogP contribution is -2.26. The molecule has 0 radical (unpaired) electrons. The molecule has 5 nitrogen and oxygen atoms in total. The molecule has 0 saturated heterocycles. The Kier molecular flexibility index (Phi) is 7.67. The smallest absolute Gasteiger partial charge is 0.251 e. The summed E-state index contributed by atoms with van der Waals surface area (Å²) in [7, 11) is 1.62. The van der Waals surface area contributed by atoms with Crippen LogP contribution in [0.3, 0.4) is 0 Å². The van der Waals surface area contributed by atoms with Crippen LogP contribution in [0.25, 0.3) is 0 Å². The predicted octanol–water partition coefficient (Wildman–Crippen LogP) is 4.07. The molecule has 146 valence electrons. The predicted molar refractivity (Wildman–Crippen MR) is 108 cm³/mol. The zero-order valence-corrected chi connectivity index (χ0v) is 16.6. The zero-order valence-electron chi connectivity index (χ0n) is 16.6. The number of amides is 1. The lowest BCUT2D eigenvalue weighted by Gasteiger charge is -2.17. The van der Waals surface area contributed by atoms with Crippen LogP contribution in [0.5, 0.6) is 11.5 Å². The van der Waals surface area contributed by atoms with E-state index in [1.165, 1.54) is 0 Å². The van der Waals surface area contributed by atoms with Gasteiger partial charge in [-0.15, -0.1) is 0 Å². The summed E-state index contributed by atoms with van der Waals surface area (Å²) in [5.41, 5.74) is 8.16. The lowest BCUT2D eigenvalue weighted by atomic mass is 10.1. The first kappa shape index (κ1) is 20.8. The SMILES string of the molecule is COc1cc(C(C)NC(=O)c2ccc(CN)cc2)ccc1OCCC(C)C. The summed E-state index contributed by atoms with van der Waals surface area (Å²) in [6, 6.07) is 12.9. The van der Waals surface area contributed by atoms with Crippen molar-refractivity contribution in [3.8, 4) is 11.5 Å². The number of ether oxygens (including phenoxy) is 2. The molecule has 1 atom stereocenters. The molecule has 3 N–H and O–H groups in total. The summed E-state index contributed by atoms with van der Waals surface area (Å²) in [5, 5.41) is 3.01. The van der Waals surface area contributed by atoms with E-state index < -0.39 is 0 Å².